The minimum atomic E-state index is -0.606. The second-order valence-electron chi connectivity index (χ2n) is 3.44. The molecule has 0 amide bonds. The van der Waals surface area contributed by atoms with Crippen LogP contribution >= 0.6 is 11.6 Å². The second-order valence-corrected chi connectivity index (χ2v) is 3.88. The van der Waals surface area contributed by atoms with Gasteiger partial charge in [-0.1, -0.05) is 17.7 Å². The highest BCUT2D eigenvalue weighted by molar-refractivity contribution is 6.30. The van der Waals surface area contributed by atoms with Gasteiger partial charge in [-0.15, -0.1) is 0 Å². The Bertz CT molecular complexity index is 607. The predicted octanol–water partition coefficient (Wildman–Crippen LogP) is 2.12. The third-order valence-corrected chi connectivity index (χ3v) is 2.61. The number of halogens is 1. The van der Waals surface area contributed by atoms with Gasteiger partial charge in [-0.3, -0.25) is 4.79 Å². The number of carbonyl (C=O) groups is 2. The lowest BCUT2D eigenvalue weighted by Crippen LogP contribution is -2.07. The van der Waals surface area contributed by atoms with Crippen LogP contribution in [0.4, 0.5) is 0 Å². The van der Waals surface area contributed by atoms with Crippen LogP contribution in [0.1, 0.15) is 20.8 Å². The van der Waals surface area contributed by atoms with Crippen LogP contribution in [0.25, 0.3) is 5.69 Å². The number of aromatic nitrogens is 2. The number of carbonyl (C=O) groups excluding carboxylic acids is 2. The first kappa shape index (κ1) is 12.3. The molecule has 5 nitrogen and oxygen atoms in total. The molecule has 0 saturated carbocycles. The van der Waals surface area contributed by atoms with Gasteiger partial charge in [0.2, 0.25) is 0 Å². The molecular weight excluding hydrogens is 256 g/mol. The Balaban J connectivity index is 2.56. The number of rotatable bonds is 3. The Morgan fingerprint density at radius 3 is 2.89 bits per heavy atom. The summed E-state index contributed by atoms with van der Waals surface area (Å²) < 4.78 is 5.91. The summed E-state index contributed by atoms with van der Waals surface area (Å²) in [6, 6.07) is 6.80. The molecule has 6 heteroatoms. The highest BCUT2D eigenvalue weighted by Crippen LogP contribution is 2.17. The van der Waals surface area contributed by atoms with Crippen molar-refractivity contribution >= 4 is 23.9 Å². The van der Waals surface area contributed by atoms with Gasteiger partial charge in [0.05, 0.1) is 19.0 Å². The molecule has 1 heterocycles. The Hall–Kier alpha value is -2.14. The maximum absolute atomic E-state index is 11.4. The highest BCUT2D eigenvalue weighted by Gasteiger charge is 2.18. The van der Waals surface area contributed by atoms with Crippen molar-refractivity contribution in [3.63, 3.8) is 0 Å². The number of aldehydes is 1. The number of esters is 1. The molecule has 0 spiro atoms. The Morgan fingerprint density at radius 1 is 1.50 bits per heavy atom. The zero-order valence-corrected chi connectivity index (χ0v) is 10.2. The van der Waals surface area contributed by atoms with Gasteiger partial charge in [-0.05, 0) is 18.2 Å². The van der Waals surface area contributed by atoms with E-state index in [9.17, 15) is 9.59 Å². The highest BCUT2D eigenvalue weighted by atomic mass is 35.5. The summed E-state index contributed by atoms with van der Waals surface area (Å²) in [5.41, 5.74) is 0.844. The number of hydrogen-bond donors (Lipinski definition) is 0. The molecule has 0 aliphatic heterocycles. The van der Waals surface area contributed by atoms with E-state index >= 15 is 0 Å². The van der Waals surface area contributed by atoms with Crippen LogP contribution in [0.2, 0.25) is 5.02 Å². The topological polar surface area (TPSA) is 61.2 Å². The number of hydrogen-bond acceptors (Lipinski definition) is 4. The van der Waals surface area contributed by atoms with Gasteiger partial charge in [0, 0.05) is 5.02 Å². The standard InChI is InChI=1S/C12H9ClN2O3/c1-18-12(17)10-6-14-15(11(10)7-16)9-4-2-3-8(13)5-9/h2-7H,1H3. The fourth-order valence-corrected chi connectivity index (χ4v) is 1.74. The second kappa shape index (κ2) is 5.01. The number of methoxy groups -OCH3 is 1. The molecule has 1 aromatic carbocycles. The van der Waals surface area contributed by atoms with E-state index in [1.165, 1.54) is 18.0 Å². The molecule has 0 fully saturated rings. The monoisotopic (exact) mass is 264 g/mol. The number of ether oxygens (including phenoxy) is 1. The first-order valence-electron chi connectivity index (χ1n) is 5.05. The molecule has 0 atom stereocenters. The molecule has 2 aromatic rings. The molecule has 0 aliphatic carbocycles. The van der Waals surface area contributed by atoms with E-state index in [-0.39, 0.29) is 11.3 Å². The zero-order valence-electron chi connectivity index (χ0n) is 9.46. The smallest absolute Gasteiger partial charge is 0.341 e. The van der Waals surface area contributed by atoms with Gasteiger partial charge in [0.25, 0.3) is 0 Å². The first-order valence-corrected chi connectivity index (χ1v) is 5.42. The summed E-state index contributed by atoms with van der Waals surface area (Å²) >= 11 is 5.87. The predicted molar refractivity (Wildman–Crippen MR) is 65.3 cm³/mol. The molecule has 0 bridgehead atoms. The van der Waals surface area contributed by atoms with Gasteiger partial charge in [-0.25, -0.2) is 9.48 Å². The van der Waals surface area contributed by atoms with Crippen molar-refractivity contribution in [1.29, 1.82) is 0 Å². The van der Waals surface area contributed by atoms with E-state index < -0.39 is 5.97 Å². The van der Waals surface area contributed by atoms with Gasteiger partial charge in [0.15, 0.2) is 6.29 Å². The molecule has 92 valence electrons. The van der Waals surface area contributed by atoms with E-state index in [0.717, 1.165) is 0 Å². The van der Waals surface area contributed by atoms with E-state index in [1.807, 2.05) is 0 Å². The average molecular weight is 265 g/mol. The third kappa shape index (κ3) is 2.12. The van der Waals surface area contributed by atoms with E-state index in [4.69, 9.17) is 11.6 Å². The lowest BCUT2D eigenvalue weighted by molar-refractivity contribution is 0.0598. The third-order valence-electron chi connectivity index (χ3n) is 2.38. The molecule has 2 rings (SSSR count). The molecule has 0 N–H and O–H groups in total. The normalized spacial score (nSPS) is 10.1. The van der Waals surface area contributed by atoms with Gasteiger partial charge in [0.1, 0.15) is 11.3 Å². The molecule has 0 saturated heterocycles. The van der Waals surface area contributed by atoms with Crippen molar-refractivity contribution in [2.24, 2.45) is 0 Å². The minimum absolute atomic E-state index is 0.118. The largest absolute Gasteiger partial charge is 0.465 e. The summed E-state index contributed by atoms with van der Waals surface area (Å²) in [5.74, 6) is -0.606. The molecule has 0 aliphatic rings. The summed E-state index contributed by atoms with van der Waals surface area (Å²) in [5, 5.41) is 4.51. The summed E-state index contributed by atoms with van der Waals surface area (Å²) in [4.78, 5) is 22.5. The van der Waals surface area contributed by atoms with E-state index in [1.54, 1.807) is 24.3 Å². The van der Waals surface area contributed by atoms with Crippen LogP contribution in [0.5, 0.6) is 0 Å². The Morgan fingerprint density at radius 2 is 2.28 bits per heavy atom. The van der Waals surface area contributed by atoms with Crippen molar-refractivity contribution < 1.29 is 14.3 Å². The fourth-order valence-electron chi connectivity index (χ4n) is 1.55. The first-order chi connectivity index (χ1) is 8.67. The van der Waals surface area contributed by atoms with Crippen LogP contribution in [-0.4, -0.2) is 29.1 Å². The average Bonchev–Trinajstić information content (AvgIpc) is 2.81. The van der Waals surface area contributed by atoms with E-state index in [0.29, 0.717) is 17.0 Å². The Kier molecular flexibility index (Phi) is 3.43. The van der Waals surface area contributed by atoms with Gasteiger partial charge in [-0.2, -0.15) is 5.10 Å². The number of benzene rings is 1. The summed E-state index contributed by atoms with van der Waals surface area (Å²) in [6.45, 7) is 0. The zero-order chi connectivity index (χ0) is 13.1. The SMILES string of the molecule is COC(=O)c1cnn(-c2cccc(Cl)c2)c1C=O. The maximum Gasteiger partial charge on any atom is 0.341 e. The van der Waals surface area contributed by atoms with Gasteiger partial charge >= 0.3 is 5.97 Å². The van der Waals surface area contributed by atoms with Crippen LogP contribution in [0.15, 0.2) is 30.5 Å². The lowest BCUT2D eigenvalue weighted by Gasteiger charge is -2.04. The van der Waals surface area contributed by atoms with Crippen LogP contribution in [0, 0.1) is 0 Å². The minimum Gasteiger partial charge on any atom is -0.465 e. The number of nitrogens with zero attached hydrogens (tertiary/aromatic N) is 2. The molecular formula is C12H9ClN2O3. The molecule has 0 unspecified atom stereocenters. The van der Waals surface area contributed by atoms with Crippen LogP contribution in [-0.2, 0) is 4.74 Å². The van der Waals surface area contributed by atoms with E-state index in [2.05, 4.69) is 9.84 Å². The summed E-state index contributed by atoms with van der Waals surface area (Å²) in [6.07, 6.45) is 1.84. The van der Waals surface area contributed by atoms with Crippen LogP contribution in [0.3, 0.4) is 0 Å². The van der Waals surface area contributed by atoms with Crippen LogP contribution < -0.4 is 0 Å². The van der Waals surface area contributed by atoms with Crippen molar-refractivity contribution in [1.82, 2.24) is 9.78 Å². The van der Waals surface area contributed by atoms with Crippen molar-refractivity contribution in [3.8, 4) is 5.69 Å². The van der Waals surface area contributed by atoms with Crippen molar-refractivity contribution in [2.75, 3.05) is 7.11 Å². The molecule has 18 heavy (non-hydrogen) atoms. The lowest BCUT2D eigenvalue weighted by atomic mass is 10.2. The Labute approximate surface area is 108 Å². The van der Waals surface area contributed by atoms with Gasteiger partial charge < -0.3 is 4.74 Å². The fraction of sp³-hybridized carbons (Fsp3) is 0.0833. The quantitative estimate of drug-likeness (QED) is 0.629. The summed E-state index contributed by atoms with van der Waals surface area (Å²) in [7, 11) is 1.24. The maximum atomic E-state index is 11.4. The molecule has 1 aromatic heterocycles. The van der Waals surface area contributed by atoms with Crippen molar-refractivity contribution in [3.05, 3.63) is 46.7 Å². The molecule has 0 radical (unpaired) electrons. The van der Waals surface area contributed by atoms with Crippen molar-refractivity contribution in [2.45, 2.75) is 0 Å².